The first kappa shape index (κ1) is 35.6. The third kappa shape index (κ3) is 7.19. The van der Waals surface area contributed by atoms with Crippen molar-refractivity contribution in [2.45, 2.75) is 142 Å². The van der Waals surface area contributed by atoms with E-state index < -0.39 is 48.6 Å². The van der Waals surface area contributed by atoms with Crippen LogP contribution in [-0.2, 0) is 42.9 Å². The summed E-state index contributed by atoms with van der Waals surface area (Å²) in [4.78, 5) is 49.3. The molecule has 10 heteroatoms. The second kappa shape index (κ2) is 14.4. The molecule has 3 saturated carbocycles. The molecule has 1 heterocycles. The van der Waals surface area contributed by atoms with Crippen molar-refractivity contribution in [1.29, 1.82) is 0 Å². The van der Waals surface area contributed by atoms with E-state index in [4.69, 9.17) is 23.7 Å². The number of rotatable bonds is 10. The molecule has 0 radical (unpaired) electrons. The summed E-state index contributed by atoms with van der Waals surface area (Å²) in [5.41, 5.74) is 1.90. The first-order valence-electron chi connectivity index (χ1n) is 17.7. The summed E-state index contributed by atoms with van der Waals surface area (Å²) in [6.07, 6.45) is 9.53. The molecule has 10 nitrogen and oxygen atoms in total. The van der Waals surface area contributed by atoms with Crippen molar-refractivity contribution in [3.05, 3.63) is 24.3 Å². The zero-order valence-corrected chi connectivity index (χ0v) is 29.1. The van der Waals surface area contributed by atoms with Crippen LogP contribution in [-0.4, -0.2) is 67.2 Å². The van der Waals surface area contributed by atoms with Gasteiger partial charge in [-0.25, -0.2) is 0 Å². The SMILES string of the molecule is C=C[C@H]1CC[C@H]2[C@@H]3CC=C4CC(OC5OC(COC(C)=O)C(OC(=O)CCC)C(OC(C)=O)C5NC(C)=O)CC[C@]4(C)[C@H]3CC[C@]12C. The standard InChI is InChI=1S/C37H55NO9/c1-8-10-31(42)47-33-30(20-43-22(4)40)46-35(32(38-21(3)39)34(33)44-23(5)41)45-26-15-17-37(7)25(19-26)11-13-27-28-14-12-24(9-2)36(28,6)18-16-29(27)37/h9,11,24,26-30,32-35H,2,8,10,12-20H2,1,3-7H3,(H,38,39)/t24-,26?,27-,28-,29-,30?,32?,33?,34?,35?,36+,37-/m0/s1. The third-order valence-electron chi connectivity index (χ3n) is 12.2. The minimum atomic E-state index is -1.13. The van der Waals surface area contributed by atoms with Crippen molar-refractivity contribution in [2.75, 3.05) is 6.61 Å². The van der Waals surface area contributed by atoms with E-state index >= 15 is 0 Å². The van der Waals surface area contributed by atoms with Crippen LogP contribution in [0.4, 0.5) is 0 Å². The summed E-state index contributed by atoms with van der Waals surface area (Å²) < 4.78 is 29.8. The molecule has 1 saturated heterocycles. The number of hydrogen-bond donors (Lipinski definition) is 1. The molecule has 0 aromatic rings. The number of fused-ring (bicyclic) bond motifs is 5. The maximum Gasteiger partial charge on any atom is 0.306 e. The lowest BCUT2D eigenvalue weighted by Crippen LogP contribution is -2.67. The average molecular weight is 658 g/mol. The van der Waals surface area contributed by atoms with E-state index in [-0.39, 0.29) is 30.5 Å². The van der Waals surface area contributed by atoms with Gasteiger partial charge in [0.1, 0.15) is 18.8 Å². The largest absolute Gasteiger partial charge is 0.463 e. The van der Waals surface area contributed by atoms with E-state index in [0.29, 0.717) is 29.6 Å². The van der Waals surface area contributed by atoms with Crippen LogP contribution in [0.5, 0.6) is 0 Å². The zero-order valence-electron chi connectivity index (χ0n) is 29.1. The highest BCUT2D eigenvalue weighted by Gasteiger charge is 2.59. The van der Waals surface area contributed by atoms with E-state index in [2.05, 4.69) is 37.9 Å². The Morgan fingerprint density at radius 2 is 1.77 bits per heavy atom. The van der Waals surface area contributed by atoms with Crippen molar-refractivity contribution in [2.24, 2.45) is 34.5 Å². The van der Waals surface area contributed by atoms with Crippen molar-refractivity contribution in [3.8, 4) is 0 Å². The first-order valence-corrected chi connectivity index (χ1v) is 17.7. The Bertz CT molecular complexity index is 1250. The molecular formula is C37H55NO9. The fraction of sp³-hybridized carbons (Fsp3) is 0.784. The van der Waals surface area contributed by atoms with Crippen LogP contribution in [0.25, 0.3) is 0 Å². The maximum absolute atomic E-state index is 12.7. The molecule has 5 aliphatic rings. The number of amides is 1. The predicted molar refractivity (Wildman–Crippen MR) is 174 cm³/mol. The second-order valence-electron chi connectivity index (χ2n) is 15.1. The van der Waals surface area contributed by atoms with Gasteiger partial charge in [0.15, 0.2) is 18.5 Å². The third-order valence-corrected chi connectivity index (χ3v) is 12.2. The number of carbonyl (C=O) groups is 4. The molecule has 4 aliphatic carbocycles. The molecule has 0 aromatic heterocycles. The lowest BCUT2D eigenvalue weighted by Gasteiger charge is -2.58. The molecule has 12 atom stereocenters. The van der Waals surface area contributed by atoms with E-state index in [9.17, 15) is 19.2 Å². The Kier molecular flexibility index (Phi) is 10.9. The molecular weight excluding hydrogens is 602 g/mol. The molecule has 5 rings (SSSR count). The van der Waals surface area contributed by atoms with E-state index in [1.807, 2.05) is 6.92 Å². The number of nitrogens with one attached hydrogen (secondary N) is 1. The molecule has 0 bridgehead atoms. The predicted octanol–water partition coefficient (Wildman–Crippen LogP) is 5.57. The van der Waals surface area contributed by atoms with Crippen molar-refractivity contribution in [3.63, 3.8) is 0 Å². The topological polar surface area (TPSA) is 126 Å². The van der Waals surface area contributed by atoms with Gasteiger partial charge in [-0.2, -0.15) is 0 Å². The van der Waals surface area contributed by atoms with Crippen LogP contribution in [0, 0.1) is 34.5 Å². The number of allylic oxidation sites excluding steroid dienone is 2. The fourth-order valence-electron chi connectivity index (χ4n) is 9.99. The van der Waals surface area contributed by atoms with Crippen LogP contribution in [0.2, 0.25) is 0 Å². The van der Waals surface area contributed by atoms with Crippen LogP contribution in [0.1, 0.15) is 106 Å². The molecule has 262 valence electrons. The maximum atomic E-state index is 12.7. The van der Waals surface area contributed by atoms with E-state index in [0.717, 1.165) is 31.6 Å². The highest BCUT2D eigenvalue weighted by atomic mass is 16.7. The van der Waals surface area contributed by atoms with Gasteiger partial charge in [0, 0.05) is 27.2 Å². The molecule has 0 aromatic carbocycles. The first-order chi connectivity index (χ1) is 22.3. The summed E-state index contributed by atoms with van der Waals surface area (Å²) >= 11 is 0. The van der Waals surface area contributed by atoms with Crippen molar-refractivity contribution < 1.29 is 42.9 Å². The number of esters is 3. The van der Waals surface area contributed by atoms with Gasteiger partial charge in [0.2, 0.25) is 5.91 Å². The van der Waals surface area contributed by atoms with Gasteiger partial charge in [-0.05, 0) is 92.3 Å². The van der Waals surface area contributed by atoms with E-state index in [1.54, 1.807) is 0 Å². The molecule has 47 heavy (non-hydrogen) atoms. The molecule has 1 amide bonds. The molecule has 0 spiro atoms. The summed E-state index contributed by atoms with van der Waals surface area (Å²) in [7, 11) is 0. The van der Waals surface area contributed by atoms with Crippen LogP contribution < -0.4 is 5.32 Å². The quantitative estimate of drug-likeness (QED) is 0.182. The normalized spacial score (nSPS) is 40.9. The Morgan fingerprint density at radius 3 is 2.43 bits per heavy atom. The van der Waals surface area contributed by atoms with Gasteiger partial charge >= 0.3 is 17.9 Å². The Balaban J connectivity index is 1.37. The van der Waals surface area contributed by atoms with Gasteiger partial charge in [-0.1, -0.05) is 38.5 Å². The van der Waals surface area contributed by atoms with Crippen LogP contribution >= 0.6 is 0 Å². The van der Waals surface area contributed by atoms with E-state index in [1.165, 1.54) is 52.0 Å². The van der Waals surface area contributed by atoms with Gasteiger partial charge in [-0.3, -0.25) is 19.2 Å². The molecule has 1 aliphatic heterocycles. The minimum absolute atomic E-state index is 0.109. The number of ether oxygens (including phenoxy) is 5. The van der Waals surface area contributed by atoms with Gasteiger partial charge in [0.25, 0.3) is 0 Å². The lowest BCUT2D eigenvalue weighted by atomic mass is 9.47. The second-order valence-corrected chi connectivity index (χ2v) is 15.1. The summed E-state index contributed by atoms with van der Waals surface area (Å²) in [6, 6.07) is -0.960. The number of carbonyl (C=O) groups excluding carboxylic acids is 4. The highest BCUT2D eigenvalue weighted by molar-refractivity contribution is 5.74. The summed E-state index contributed by atoms with van der Waals surface area (Å²) in [5, 5.41) is 2.84. The van der Waals surface area contributed by atoms with Gasteiger partial charge < -0.3 is 29.0 Å². The van der Waals surface area contributed by atoms with Crippen LogP contribution in [0.15, 0.2) is 24.3 Å². The monoisotopic (exact) mass is 657 g/mol. The summed E-state index contributed by atoms with van der Waals surface area (Å²) in [6.45, 7) is 14.6. The van der Waals surface area contributed by atoms with Gasteiger partial charge in [0.05, 0.1) is 6.10 Å². The van der Waals surface area contributed by atoms with Gasteiger partial charge in [-0.15, -0.1) is 6.58 Å². The van der Waals surface area contributed by atoms with Crippen LogP contribution in [0.3, 0.4) is 0 Å². The smallest absolute Gasteiger partial charge is 0.306 e. The number of hydrogen-bond acceptors (Lipinski definition) is 9. The zero-order chi connectivity index (χ0) is 34.1. The van der Waals surface area contributed by atoms with Crippen molar-refractivity contribution in [1.82, 2.24) is 5.32 Å². The minimum Gasteiger partial charge on any atom is -0.463 e. The molecule has 1 N–H and O–H groups in total. The molecule has 6 unspecified atom stereocenters. The Labute approximate surface area is 279 Å². The Hall–Kier alpha value is -2.72. The fourth-order valence-corrected chi connectivity index (χ4v) is 9.99. The Morgan fingerprint density at radius 1 is 1.00 bits per heavy atom. The van der Waals surface area contributed by atoms with Crippen molar-refractivity contribution >= 4 is 23.8 Å². The summed E-state index contributed by atoms with van der Waals surface area (Å²) in [5.74, 6) is 0.627. The lowest BCUT2D eigenvalue weighted by molar-refractivity contribution is -0.290. The average Bonchev–Trinajstić information content (AvgIpc) is 3.35. The molecule has 4 fully saturated rings. The highest BCUT2D eigenvalue weighted by Crippen LogP contribution is 2.66.